The molecule has 1 aromatic carbocycles. The summed E-state index contributed by atoms with van der Waals surface area (Å²) in [5, 5.41) is 0.136. The van der Waals surface area contributed by atoms with Crippen LogP contribution >= 0.6 is 0 Å². The first kappa shape index (κ1) is 18.0. The average Bonchev–Trinajstić information content (AvgIpc) is 2.66. The van der Waals surface area contributed by atoms with Crippen LogP contribution in [0.15, 0.2) is 30.4 Å². The highest BCUT2D eigenvalue weighted by molar-refractivity contribution is 6.74. The summed E-state index contributed by atoms with van der Waals surface area (Å²) < 4.78 is 6.63. The molecule has 0 heterocycles. The van der Waals surface area contributed by atoms with Crippen LogP contribution in [0.2, 0.25) is 18.1 Å². The molecule has 3 heteroatoms. The highest BCUT2D eigenvalue weighted by Crippen LogP contribution is 2.47. The third-order valence-corrected chi connectivity index (χ3v) is 10.1. The number of carbonyl (C=O) groups is 1. The average molecular weight is 331 g/mol. The van der Waals surface area contributed by atoms with Gasteiger partial charge in [-0.25, -0.2) is 0 Å². The van der Waals surface area contributed by atoms with Crippen molar-refractivity contribution in [2.45, 2.75) is 71.0 Å². The summed E-state index contributed by atoms with van der Waals surface area (Å²) in [5.41, 5.74) is 2.72. The maximum absolute atomic E-state index is 12.1. The van der Waals surface area contributed by atoms with E-state index in [0.29, 0.717) is 6.42 Å². The SMILES string of the molecule is C=C1C(=O)CC[C@@]1(C)c1ccc(C)cc1O[Si](C)(C)C(C)(C)C. The van der Waals surface area contributed by atoms with Crippen LogP contribution in [-0.4, -0.2) is 14.1 Å². The summed E-state index contributed by atoms with van der Waals surface area (Å²) >= 11 is 0. The van der Waals surface area contributed by atoms with E-state index in [2.05, 4.69) is 72.5 Å². The molecule has 1 saturated carbocycles. The molecule has 0 saturated heterocycles. The molecule has 0 unspecified atom stereocenters. The van der Waals surface area contributed by atoms with Gasteiger partial charge in [-0.3, -0.25) is 4.79 Å². The highest BCUT2D eigenvalue weighted by Gasteiger charge is 2.44. The first-order valence-electron chi connectivity index (χ1n) is 8.41. The van der Waals surface area contributed by atoms with Crippen molar-refractivity contribution in [2.75, 3.05) is 0 Å². The Hall–Kier alpha value is -1.35. The second kappa shape index (κ2) is 5.62. The van der Waals surface area contributed by atoms with Gasteiger partial charge in [0.2, 0.25) is 8.32 Å². The summed E-state index contributed by atoms with van der Waals surface area (Å²) in [4.78, 5) is 12.1. The Morgan fingerprint density at radius 1 is 1.26 bits per heavy atom. The van der Waals surface area contributed by atoms with Crippen molar-refractivity contribution in [2.24, 2.45) is 0 Å². The van der Waals surface area contributed by atoms with Crippen LogP contribution in [0.3, 0.4) is 0 Å². The molecule has 2 nitrogen and oxygen atoms in total. The molecule has 23 heavy (non-hydrogen) atoms. The van der Waals surface area contributed by atoms with E-state index in [4.69, 9.17) is 4.43 Å². The van der Waals surface area contributed by atoms with Gasteiger partial charge in [0.1, 0.15) is 5.75 Å². The maximum Gasteiger partial charge on any atom is 0.250 e. The van der Waals surface area contributed by atoms with Crippen LogP contribution in [0.1, 0.15) is 51.7 Å². The first-order valence-corrected chi connectivity index (χ1v) is 11.3. The number of carbonyl (C=O) groups excluding carboxylic acids is 1. The fourth-order valence-electron chi connectivity index (χ4n) is 2.87. The van der Waals surface area contributed by atoms with Gasteiger partial charge in [0, 0.05) is 17.4 Å². The molecule has 0 radical (unpaired) electrons. The minimum Gasteiger partial charge on any atom is -0.543 e. The van der Waals surface area contributed by atoms with Gasteiger partial charge in [-0.15, -0.1) is 0 Å². The molecule has 2 rings (SSSR count). The lowest BCUT2D eigenvalue weighted by atomic mass is 9.77. The number of hydrogen-bond donors (Lipinski definition) is 0. The molecule has 0 amide bonds. The molecule has 1 atom stereocenters. The van der Waals surface area contributed by atoms with Crippen molar-refractivity contribution in [3.05, 3.63) is 41.5 Å². The normalized spacial score (nSPS) is 22.6. The fraction of sp³-hybridized carbons (Fsp3) is 0.550. The lowest BCUT2D eigenvalue weighted by Crippen LogP contribution is -2.44. The van der Waals surface area contributed by atoms with E-state index in [1.807, 2.05) is 0 Å². The van der Waals surface area contributed by atoms with Crippen LogP contribution in [0.5, 0.6) is 5.75 Å². The molecule has 0 bridgehead atoms. The van der Waals surface area contributed by atoms with Crippen molar-refractivity contribution in [3.8, 4) is 5.75 Å². The number of Topliss-reactive ketones (excluding diaryl/α,β-unsaturated/α-hetero) is 1. The topological polar surface area (TPSA) is 26.3 Å². The molecule has 0 N–H and O–H groups in total. The minimum atomic E-state index is -1.94. The van der Waals surface area contributed by atoms with Crippen molar-refractivity contribution >= 4 is 14.1 Å². The van der Waals surface area contributed by atoms with Crippen LogP contribution in [0.25, 0.3) is 0 Å². The van der Waals surface area contributed by atoms with E-state index >= 15 is 0 Å². The molecule has 0 spiro atoms. The Labute approximate surface area is 142 Å². The number of benzene rings is 1. The number of ketones is 1. The summed E-state index contributed by atoms with van der Waals surface area (Å²) in [6.07, 6.45) is 1.41. The third-order valence-electron chi connectivity index (χ3n) is 5.76. The largest absolute Gasteiger partial charge is 0.543 e. The summed E-state index contributed by atoms with van der Waals surface area (Å²) in [7, 11) is -1.94. The van der Waals surface area contributed by atoms with Gasteiger partial charge in [0.25, 0.3) is 0 Å². The fourth-order valence-corrected chi connectivity index (χ4v) is 3.89. The highest BCUT2D eigenvalue weighted by atomic mass is 28.4. The molecule has 126 valence electrons. The van der Waals surface area contributed by atoms with Gasteiger partial charge in [0.05, 0.1) is 0 Å². The Bertz CT molecular complexity index is 652. The molecular weight excluding hydrogens is 300 g/mol. The van der Waals surface area contributed by atoms with Crippen LogP contribution in [0.4, 0.5) is 0 Å². The van der Waals surface area contributed by atoms with Gasteiger partial charge in [-0.1, -0.05) is 46.4 Å². The minimum absolute atomic E-state index is 0.136. The van der Waals surface area contributed by atoms with E-state index in [9.17, 15) is 4.79 Å². The zero-order valence-electron chi connectivity index (χ0n) is 15.7. The van der Waals surface area contributed by atoms with Crippen LogP contribution in [0, 0.1) is 6.92 Å². The summed E-state index contributed by atoms with van der Waals surface area (Å²) in [5.74, 6) is 1.13. The molecule has 1 fully saturated rings. The summed E-state index contributed by atoms with van der Waals surface area (Å²) in [6, 6.07) is 6.36. The standard InChI is InChI=1S/C20H30O2Si/c1-14-9-10-16(20(6)12-11-17(21)15(20)2)18(13-14)22-23(7,8)19(3,4)5/h9-10,13H,2,11-12H2,1,3-8H3/t20-/m1/s1. The second-order valence-electron chi connectivity index (χ2n) is 8.60. The van der Waals surface area contributed by atoms with Gasteiger partial charge >= 0.3 is 0 Å². The number of allylic oxidation sites excluding steroid dienone is 1. The lowest BCUT2D eigenvalue weighted by Gasteiger charge is -2.38. The Balaban J connectivity index is 2.52. The van der Waals surface area contributed by atoms with Gasteiger partial charge in [-0.2, -0.15) is 0 Å². The van der Waals surface area contributed by atoms with Gasteiger partial charge < -0.3 is 4.43 Å². The van der Waals surface area contributed by atoms with Gasteiger partial charge in [0.15, 0.2) is 5.78 Å². The second-order valence-corrected chi connectivity index (χ2v) is 13.3. The molecular formula is C20H30O2Si. The van der Waals surface area contributed by atoms with Crippen molar-refractivity contribution < 1.29 is 9.22 Å². The van der Waals surface area contributed by atoms with Crippen molar-refractivity contribution in [3.63, 3.8) is 0 Å². The molecule has 0 aliphatic heterocycles. The Morgan fingerprint density at radius 2 is 1.87 bits per heavy atom. The predicted molar refractivity (Wildman–Crippen MR) is 99.7 cm³/mol. The molecule has 0 aromatic heterocycles. The van der Waals surface area contributed by atoms with Crippen LogP contribution in [-0.2, 0) is 10.2 Å². The predicted octanol–water partition coefficient (Wildman–Crippen LogP) is 5.56. The van der Waals surface area contributed by atoms with E-state index in [0.717, 1.165) is 23.3 Å². The number of rotatable bonds is 3. The number of aryl methyl sites for hydroxylation is 1. The molecule has 1 aliphatic rings. The van der Waals surface area contributed by atoms with Gasteiger partial charge in [-0.05, 0) is 48.7 Å². The quantitative estimate of drug-likeness (QED) is 0.536. The third kappa shape index (κ3) is 3.16. The zero-order chi connectivity index (χ0) is 17.6. The Kier molecular flexibility index (Phi) is 4.40. The molecule has 1 aliphatic carbocycles. The van der Waals surface area contributed by atoms with Crippen molar-refractivity contribution in [1.29, 1.82) is 0 Å². The lowest BCUT2D eigenvalue weighted by molar-refractivity contribution is -0.114. The van der Waals surface area contributed by atoms with Crippen molar-refractivity contribution in [1.82, 2.24) is 0 Å². The number of hydrogen-bond acceptors (Lipinski definition) is 2. The van der Waals surface area contributed by atoms with Crippen LogP contribution < -0.4 is 4.43 Å². The monoisotopic (exact) mass is 330 g/mol. The first-order chi connectivity index (χ1) is 10.4. The Morgan fingerprint density at radius 3 is 2.35 bits per heavy atom. The smallest absolute Gasteiger partial charge is 0.250 e. The van der Waals surface area contributed by atoms with E-state index < -0.39 is 8.32 Å². The maximum atomic E-state index is 12.1. The van der Waals surface area contributed by atoms with E-state index in [1.54, 1.807) is 0 Å². The van der Waals surface area contributed by atoms with E-state index in [-0.39, 0.29) is 16.2 Å². The zero-order valence-corrected chi connectivity index (χ0v) is 16.7. The van der Waals surface area contributed by atoms with E-state index in [1.165, 1.54) is 5.56 Å². The summed E-state index contributed by atoms with van der Waals surface area (Å²) in [6.45, 7) is 19.5. The molecule has 1 aromatic rings.